The van der Waals surface area contributed by atoms with Gasteiger partial charge in [-0.25, -0.2) is 4.79 Å². The van der Waals surface area contributed by atoms with E-state index in [0.717, 1.165) is 22.9 Å². The van der Waals surface area contributed by atoms with E-state index in [1.165, 1.54) is 0 Å². The average molecular weight is 297 g/mol. The molecule has 0 unspecified atom stereocenters. The van der Waals surface area contributed by atoms with Gasteiger partial charge in [0.15, 0.2) is 0 Å². The van der Waals surface area contributed by atoms with Crippen molar-refractivity contribution in [1.29, 1.82) is 0 Å². The van der Waals surface area contributed by atoms with Gasteiger partial charge in [0.1, 0.15) is 0 Å². The molecule has 5 heteroatoms. The van der Waals surface area contributed by atoms with Crippen molar-refractivity contribution in [2.45, 2.75) is 19.8 Å². The van der Waals surface area contributed by atoms with Crippen molar-refractivity contribution in [2.24, 2.45) is 5.92 Å². The van der Waals surface area contributed by atoms with Crippen molar-refractivity contribution in [2.75, 3.05) is 5.32 Å². The maximum atomic E-state index is 11.5. The largest absolute Gasteiger partial charge is 0.325 e. The van der Waals surface area contributed by atoms with Crippen molar-refractivity contribution < 1.29 is 9.59 Å². The molecule has 0 aromatic heterocycles. The summed E-state index contributed by atoms with van der Waals surface area (Å²) in [7, 11) is 0. The van der Waals surface area contributed by atoms with Crippen LogP contribution in [-0.2, 0) is 4.79 Å². The fourth-order valence-corrected chi connectivity index (χ4v) is 1.77. The summed E-state index contributed by atoms with van der Waals surface area (Å²) >= 11 is 3.38. The second-order valence-electron chi connectivity index (χ2n) is 4.18. The lowest BCUT2D eigenvalue weighted by atomic mass is 10.2. The van der Waals surface area contributed by atoms with Gasteiger partial charge in [0, 0.05) is 16.1 Å². The molecule has 0 spiro atoms. The van der Waals surface area contributed by atoms with Gasteiger partial charge in [-0.1, -0.05) is 22.0 Å². The maximum absolute atomic E-state index is 11.5. The fraction of sp³-hybridized carbons (Fsp3) is 0.333. The lowest BCUT2D eigenvalue weighted by Crippen LogP contribution is -2.35. The van der Waals surface area contributed by atoms with Gasteiger partial charge in [-0.2, -0.15) is 0 Å². The molecule has 1 fully saturated rings. The van der Waals surface area contributed by atoms with E-state index in [9.17, 15) is 9.59 Å². The Morgan fingerprint density at radius 3 is 2.65 bits per heavy atom. The minimum atomic E-state index is -0.474. The van der Waals surface area contributed by atoms with E-state index in [4.69, 9.17) is 0 Å². The molecule has 2 rings (SSSR count). The van der Waals surface area contributed by atoms with Crippen LogP contribution in [0.2, 0.25) is 0 Å². The predicted octanol–water partition coefficient (Wildman–Crippen LogP) is 2.82. The molecule has 17 heavy (non-hydrogen) atoms. The number of anilines is 1. The molecular weight excluding hydrogens is 284 g/mol. The lowest BCUT2D eigenvalue weighted by Gasteiger charge is -2.07. The first kappa shape index (κ1) is 12.1. The van der Waals surface area contributed by atoms with Crippen LogP contribution in [0.3, 0.4) is 0 Å². The van der Waals surface area contributed by atoms with Crippen molar-refractivity contribution in [3.63, 3.8) is 0 Å². The summed E-state index contributed by atoms with van der Waals surface area (Å²) < 4.78 is 0.920. The highest BCUT2D eigenvalue weighted by Crippen LogP contribution is 2.28. The van der Waals surface area contributed by atoms with Crippen molar-refractivity contribution in [3.05, 3.63) is 28.2 Å². The second-order valence-corrected chi connectivity index (χ2v) is 5.04. The van der Waals surface area contributed by atoms with Gasteiger partial charge in [0.05, 0.1) is 0 Å². The Morgan fingerprint density at radius 2 is 2.06 bits per heavy atom. The van der Waals surface area contributed by atoms with Crippen LogP contribution in [0.15, 0.2) is 22.7 Å². The van der Waals surface area contributed by atoms with E-state index < -0.39 is 6.03 Å². The number of imide groups is 1. The molecule has 0 heterocycles. The van der Waals surface area contributed by atoms with E-state index in [1.807, 2.05) is 13.0 Å². The molecule has 0 radical (unpaired) electrons. The number of rotatable bonds is 2. The fourth-order valence-electron chi connectivity index (χ4n) is 1.39. The Bertz CT molecular complexity index is 470. The van der Waals surface area contributed by atoms with Gasteiger partial charge < -0.3 is 5.32 Å². The summed E-state index contributed by atoms with van der Waals surface area (Å²) in [5.41, 5.74) is 1.74. The number of nitrogens with one attached hydrogen (secondary N) is 2. The third kappa shape index (κ3) is 3.30. The zero-order valence-corrected chi connectivity index (χ0v) is 11.0. The Kier molecular flexibility index (Phi) is 3.47. The summed E-state index contributed by atoms with van der Waals surface area (Å²) in [6.07, 6.45) is 1.77. The number of hydrogen-bond acceptors (Lipinski definition) is 2. The molecule has 1 aromatic carbocycles. The summed E-state index contributed by atoms with van der Waals surface area (Å²) in [5, 5.41) is 4.94. The van der Waals surface area contributed by atoms with Gasteiger partial charge >= 0.3 is 6.03 Å². The molecule has 0 aliphatic heterocycles. The number of amides is 3. The third-order valence-corrected chi connectivity index (χ3v) is 3.47. The lowest BCUT2D eigenvalue weighted by molar-refractivity contribution is -0.121. The Balaban J connectivity index is 1.92. The highest BCUT2D eigenvalue weighted by Gasteiger charge is 2.30. The summed E-state index contributed by atoms with van der Waals surface area (Å²) in [6, 6.07) is 5.01. The van der Waals surface area contributed by atoms with Gasteiger partial charge in [-0.3, -0.25) is 10.1 Å². The van der Waals surface area contributed by atoms with Crippen LogP contribution >= 0.6 is 15.9 Å². The van der Waals surface area contributed by atoms with Gasteiger partial charge in [-0.05, 0) is 37.5 Å². The van der Waals surface area contributed by atoms with E-state index in [1.54, 1.807) is 12.1 Å². The SMILES string of the molecule is Cc1ccc(NC(=O)NC(=O)C2CC2)cc1Br. The Labute approximate surface area is 108 Å². The van der Waals surface area contributed by atoms with Gasteiger partial charge in [-0.15, -0.1) is 0 Å². The smallest absolute Gasteiger partial charge is 0.308 e. The number of carbonyl (C=O) groups is 2. The Hall–Kier alpha value is -1.36. The highest BCUT2D eigenvalue weighted by atomic mass is 79.9. The normalized spacial score (nSPS) is 14.2. The van der Waals surface area contributed by atoms with Crippen LogP contribution in [0.4, 0.5) is 10.5 Å². The molecule has 1 aliphatic carbocycles. The van der Waals surface area contributed by atoms with Gasteiger partial charge in [0.2, 0.25) is 5.91 Å². The first-order valence-corrected chi connectivity index (χ1v) is 6.23. The standard InChI is InChI=1S/C12H13BrN2O2/c1-7-2-5-9(6-10(7)13)14-12(17)15-11(16)8-3-4-8/h2,5-6,8H,3-4H2,1H3,(H2,14,15,16,17). The molecule has 1 aromatic rings. The third-order valence-electron chi connectivity index (χ3n) is 2.61. The number of benzene rings is 1. The van der Waals surface area contributed by atoms with E-state index in [-0.39, 0.29) is 11.8 Å². The summed E-state index contributed by atoms with van der Waals surface area (Å²) in [5.74, 6) is -0.154. The molecular formula is C12H13BrN2O2. The molecule has 3 amide bonds. The van der Waals surface area contributed by atoms with Crippen LogP contribution in [0, 0.1) is 12.8 Å². The molecule has 1 aliphatic rings. The number of halogens is 1. The average Bonchev–Trinajstić information content (AvgIpc) is 3.06. The number of aryl methyl sites for hydroxylation is 1. The van der Waals surface area contributed by atoms with Crippen LogP contribution in [0.1, 0.15) is 18.4 Å². The zero-order chi connectivity index (χ0) is 12.4. The van der Waals surface area contributed by atoms with E-state index in [2.05, 4.69) is 26.6 Å². The van der Waals surface area contributed by atoms with Crippen LogP contribution in [0.25, 0.3) is 0 Å². The predicted molar refractivity (Wildman–Crippen MR) is 68.8 cm³/mol. The first-order valence-electron chi connectivity index (χ1n) is 5.44. The van der Waals surface area contributed by atoms with Crippen molar-refractivity contribution >= 4 is 33.6 Å². The maximum Gasteiger partial charge on any atom is 0.325 e. The quantitative estimate of drug-likeness (QED) is 0.882. The van der Waals surface area contributed by atoms with Crippen LogP contribution in [-0.4, -0.2) is 11.9 Å². The Morgan fingerprint density at radius 1 is 1.35 bits per heavy atom. The molecule has 1 saturated carbocycles. The number of carbonyl (C=O) groups excluding carboxylic acids is 2. The van der Waals surface area contributed by atoms with Crippen LogP contribution in [0.5, 0.6) is 0 Å². The second kappa shape index (κ2) is 4.87. The monoisotopic (exact) mass is 296 g/mol. The summed E-state index contributed by atoms with van der Waals surface area (Å²) in [4.78, 5) is 22.8. The van der Waals surface area contributed by atoms with E-state index >= 15 is 0 Å². The zero-order valence-electron chi connectivity index (χ0n) is 9.42. The molecule has 0 atom stereocenters. The minimum absolute atomic E-state index is 0.0329. The van der Waals surface area contributed by atoms with Crippen LogP contribution < -0.4 is 10.6 Å². The van der Waals surface area contributed by atoms with Gasteiger partial charge in [0.25, 0.3) is 0 Å². The van der Waals surface area contributed by atoms with E-state index in [0.29, 0.717) is 5.69 Å². The number of urea groups is 1. The molecule has 0 saturated heterocycles. The molecule has 90 valence electrons. The van der Waals surface area contributed by atoms with Crippen molar-refractivity contribution in [1.82, 2.24) is 5.32 Å². The minimum Gasteiger partial charge on any atom is -0.308 e. The van der Waals surface area contributed by atoms with Crippen molar-refractivity contribution in [3.8, 4) is 0 Å². The first-order chi connectivity index (χ1) is 8.06. The summed E-state index contributed by atoms with van der Waals surface area (Å²) in [6.45, 7) is 1.96. The number of hydrogen-bond donors (Lipinski definition) is 2. The topological polar surface area (TPSA) is 58.2 Å². The highest BCUT2D eigenvalue weighted by molar-refractivity contribution is 9.10. The molecule has 2 N–H and O–H groups in total. The molecule has 0 bridgehead atoms. The molecule has 4 nitrogen and oxygen atoms in total.